The van der Waals surface area contributed by atoms with Gasteiger partial charge in [0, 0.05) is 29.7 Å². The average molecular weight is 404 g/mol. The summed E-state index contributed by atoms with van der Waals surface area (Å²) in [4.78, 5) is 7.92. The highest BCUT2D eigenvalue weighted by molar-refractivity contribution is 7.90. The van der Waals surface area contributed by atoms with Crippen LogP contribution in [0, 0.1) is 6.92 Å². The molecule has 6 rings (SSSR count). The SMILES string of the molecule is Cc1ccc(Oc2ccc(C34CCC(CC3)N3CCS(=O)(=O)N=C34)cn2)s1. The van der Waals surface area contributed by atoms with Crippen LogP contribution >= 0.6 is 11.3 Å². The zero-order chi connectivity index (χ0) is 18.6. The third-order valence-electron chi connectivity index (χ3n) is 5.98. The van der Waals surface area contributed by atoms with Crippen molar-refractivity contribution in [2.45, 2.75) is 44.1 Å². The van der Waals surface area contributed by atoms with Crippen LogP contribution in [0.4, 0.5) is 0 Å². The van der Waals surface area contributed by atoms with Gasteiger partial charge in [-0.1, -0.05) is 6.07 Å². The van der Waals surface area contributed by atoms with Crippen LogP contribution in [0.15, 0.2) is 34.9 Å². The highest BCUT2D eigenvalue weighted by Crippen LogP contribution is 2.49. The Morgan fingerprint density at radius 3 is 2.70 bits per heavy atom. The fourth-order valence-corrected chi connectivity index (χ4v) is 6.39. The number of hydrogen-bond donors (Lipinski definition) is 0. The Hall–Kier alpha value is -1.93. The molecule has 2 bridgehead atoms. The number of aryl methyl sites for hydroxylation is 1. The van der Waals surface area contributed by atoms with Crippen LogP contribution in [-0.4, -0.2) is 42.5 Å². The van der Waals surface area contributed by atoms with Crippen LogP contribution < -0.4 is 4.74 Å². The van der Waals surface area contributed by atoms with Gasteiger partial charge in [0.05, 0.1) is 11.2 Å². The second-order valence-corrected chi connectivity index (χ2v) is 10.6. The minimum Gasteiger partial charge on any atom is -0.428 e. The summed E-state index contributed by atoms with van der Waals surface area (Å²) in [5.74, 6) is 1.41. The maximum Gasteiger partial charge on any atom is 0.256 e. The van der Waals surface area contributed by atoms with Crippen molar-refractivity contribution in [3.8, 4) is 10.9 Å². The molecule has 8 heteroatoms. The van der Waals surface area contributed by atoms with Gasteiger partial charge in [-0.05, 0) is 50.3 Å². The number of sulfonamides is 1. The van der Waals surface area contributed by atoms with E-state index in [2.05, 4.69) is 14.3 Å². The van der Waals surface area contributed by atoms with Gasteiger partial charge in [0.2, 0.25) is 5.88 Å². The number of thiophene rings is 1. The van der Waals surface area contributed by atoms with Gasteiger partial charge in [-0.15, -0.1) is 15.7 Å². The van der Waals surface area contributed by atoms with Crippen molar-refractivity contribution in [1.29, 1.82) is 0 Å². The minimum atomic E-state index is -3.37. The molecule has 27 heavy (non-hydrogen) atoms. The summed E-state index contributed by atoms with van der Waals surface area (Å²) in [5.41, 5.74) is 0.698. The van der Waals surface area contributed by atoms with Crippen LogP contribution in [0.2, 0.25) is 0 Å². The first-order valence-electron chi connectivity index (χ1n) is 9.26. The normalized spacial score (nSPS) is 28.6. The number of hydrogen-bond acceptors (Lipinski definition) is 6. The Labute approximate surface area is 163 Å². The van der Waals surface area contributed by atoms with Crippen LogP contribution in [0.3, 0.4) is 0 Å². The quantitative estimate of drug-likeness (QED) is 0.785. The molecule has 0 amide bonds. The molecule has 0 radical (unpaired) electrons. The van der Waals surface area contributed by atoms with Gasteiger partial charge in [0.1, 0.15) is 5.84 Å². The molecule has 2 saturated heterocycles. The van der Waals surface area contributed by atoms with E-state index in [0.717, 1.165) is 42.1 Å². The average Bonchev–Trinajstić information content (AvgIpc) is 3.07. The van der Waals surface area contributed by atoms with Gasteiger partial charge in [-0.2, -0.15) is 0 Å². The summed E-state index contributed by atoms with van der Waals surface area (Å²) in [7, 11) is -3.37. The van der Waals surface area contributed by atoms with E-state index in [-0.39, 0.29) is 11.2 Å². The van der Waals surface area contributed by atoms with E-state index in [1.807, 2.05) is 37.4 Å². The van der Waals surface area contributed by atoms with Gasteiger partial charge in [-0.3, -0.25) is 0 Å². The molecule has 2 aromatic heterocycles. The Bertz CT molecular complexity index is 1000. The number of amidine groups is 1. The zero-order valence-electron chi connectivity index (χ0n) is 15.1. The van der Waals surface area contributed by atoms with Crippen molar-refractivity contribution in [3.05, 3.63) is 40.9 Å². The summed E-state index contributed by atoms with van der Waals surface area (Å²) < 4.78 is 34.4. The van der Waals surface area contributed by atoms with Crippen molar-refractivity contribution < 1.29 is 13.2 Å². The Balaban J connectivity index is 1.49. The van der Waals surface area contributed by atoms with Gasteiger partial charge >= 0.3 is 0 Å². The van der Waals surface area contributed by atoms with Gasteiger partial charge < -0.3 is 9.64 Å². The van der Waals surface area contributed by atoms with Crippen LogP contribution in [0.1, 0.15) is 36.1 Å². The molecular formula is C19H21N3O3S2. The van der Waals surface area contributed by atoms with E-state index in [9.17, 15) is 8.42 Å². The molecule has 0 N–H and O–H groups in total. The summed E-state index contributed by atoms with van der Waals surface area (Å²) in [6.45, 7) is 2.59. The highest BCUT2D eigenvalue weighted by Gasteiger charge is 2.52. The standard InChI is InChI=1S/C19H21N3O3S2/c1-13-2-5-17(26-13)25-16-4-3-14(12-20-16)19-8-6-15(7-9-19)22-10-11-27(23,24)21-18(19)22/h2-5,12,15H,6-11H2,1H3. The fourth-order valence-electron chi connectivity index (χ4n) is 4.61. The van der Waals surface area contributed by atoms with Crippen molar-refractivity contribution >= 4 is 27.2 Å². The highest BCUT2D eigenvalue weighted by atomic mass is 32.2. The number of nitrogens with zero attached hydrogens (tertiary/aromatic N) is 3. The minimum absolute atomic E-state index is 0.119. The first kappa shape index (κ1) is 17.2. The predicted octanol–water partition coefficient (Wildman–Crippen LogP) is 3.48. The molecule has 2 aromatic rings. The smallest absolute Gasteiger partial charge is 0.256 e. The zero-order valence-corrected chi connectivity index (χ0v) is 16.7. The number of piperidine rings is 2. The molecule has 0 spiro atoms. The van der Waals surface area contributed by atoms with E-state index >= 15 is 0 Å². The molecule has 4 aliphatic rings. The molecular weight excluding hydrogens is 382 g/mol. The van der Waals surface area contributed by atoms with Crippen molar-refractivity contribution in [3.63, 3.8) is 0 Å². The lowest BCUT2D eigenvalue weighted by Crippen LogP contribution is -2.62. The first-order chi connectivity index (χ1) is 13.0. The van der Waals surface area contributed by atoms with E-state index in [1.54, 1.807) is 11.3 Å². The van der Waals surface area contributed by atoms with Crippen molar-refractivity contribution in [2.24, 2.45) is 4.40 Å². The largest absolute Gasteiger partial charge is 0.428 e. The lowest BCUT2D eigenvalue weighted by molar-refractivity contribution is 0.151. The molecule has 3 aliphatic heterocycles. The molecule has 142 valence electrons. The molecule has 3 fully saturated rings. The number of fused-ring (bicyclic) bond motifs is 2. The Morgan fingerprint density at radius 1 is 1.22 bits per heavy atom. The third kappa shape index (κ3) is 2.86. The Kier molecular flexibility index (Phi) is 3.84. The van der Waals surface area contributed by atoms with Crippen LogP contribution in [-0.2, 0) is 15.4 Å². The molecule has 0 unspecified atom stereocenters. The molecule has 6 nitrogen and oxygen atoms in total. The number of aromatic nitrogens is 1. The summed E-state index contributed by atoms with van der Waals surface area (Å²) >= 11 is 1.58. The van der Waals surface area contributed by atoms with E-state index in [1.165, 1.54) is 4.88 Å². The Morgan fingerprint density at radius 2 is 2.04 bits per heavy atom. The van der Waals surface area contributed by atoms with Gasteiger partial charge in [0.15, 0.2) is 5.06 Å². The number of ether oxygens (including phenoxy) is 1. The topological polar surface area (TPSA) is 71.9 Å². The number of pyridine rings is 1. The molecule has 0 atom stereocenters. The number of rotatable bonds is 3. The molecule has 0 aromatic carbocycles. The second-order valence-electron chi connectivity index (χ2n) is 7.56. The van der Waals surface area contributed by atoms with Crippen LogP contribution in [0.5, 0.6) is 10.9 Å². The van der Waals surface area contributed by atoms with E-state index in [0.29, 0.717) is 18.5 Å². The third-order valence-corrected chi connectivity index (χ3v) is 8.00. The van der Waals surface area contributed by atoms with Gasteiger partial charge in [0.25, 0.3) is 10.0 Å². The monoisotopic (exact) mass is 403 g/mol. The molecule has 5 heterocycles. The lowest BCUT2D eigenvalue weighted by atomic mass is 9.63. The van der Waals surface area contributed by atoms with E-state index < -0.39 is 10.0 Å². The predicted molar refractivity (Wildman–Crippen MR) is 105 cm³/mol. The van der Waals surface area contributed by atoms with Crippen molar-refractivity contribution in [2.75, 3.05) is 12.3 Å². The second kappa shape index (κ2) is 6.04. The van der Waals surface area contributed by atoms with Crippen molar-refractivity contribution in [1.82, 2.24) is 9.88 Å². The van der Waals surface area contributed by atoms with Crippen LogP contribution in [0.25, 0.3) is 0 Å². The maximum absolute atomic E-state index is 12.2. The molecule has 1 aliphatic carbocycles. The van der Waals surface area contributed by atoms with E-state index in [4.69, 9.17) is 4.74 Å². The maximum atomic E-state index is 12.2. The molecule has 1 saturated carbocycles. The summed E-state index contributed by atoms with van der Waals surface area (Å²) in [6, 6.07) is 8.29. The summed E-state index contributed by atoms with van der Waals surface area (Å²) in [5, 5.41) is 0.818. The lowest BCUT2D eigenvalue weighted by Gasteiger charge is -2.55. The summed E-state index contributed by atoms with van der Waals surface area (Å²) in [6.07, 6.45) is 5.84. The first-order valence-corrected chi connectivity index (χ1v) is 11.7. The van der Waals surface area contributed by atoms with Gasteiger partial charge in [-0.25, -0.2) is 13.4 Å². The fraction of sp³-hybridized carbons (Fsp3) is 0.474.